The van der Waals surface area contributed by atoms with E-state index in [-0.39, 0.29) is 22.4 Å². The summed E-state index contributed by atoms with van der Waals surface area (Å²) in [5.41, 5.74) is -0.0172. The average molecular weight is 360 g/mol. The Morgan fingerprint density at radius 2 is 1.84 bits per heavy atom. The second-order valence-corrected chi connectivity index (χ2v) is 5.67. The normalized spacial score (nSPS) is 18.8. The summed E-state index contributed by atoms with van der Waals surface area (Å²) in [5.74, 6) is -2.57. The summed E-state index contributed by atoms with van der Waals surface area (Å²) in [6.45, 7) is 0. The zero-order valence-corrected chi connectivity index (χ0v) is 13.3. The second kappa shape index (κ2) is 6.37. The predicted molar refractivity (Wildman–Crippen MR) is 87.9 cm³/mol. The van der Waals surface area contributed by atoms with Crippen molar-refractivity contribution in [1.82, 2.24) is 0 Å². The molecule has 1 heterocycles. The molecule has 0 bridgehead atoms. The zero-order valence-electron chi connectivity index (χ0n) is 12.5. The Bertz CT molecular complexity index is 919. The lowest BCUT2D eigenvalue weighted by Gasteiger charge is -2.12. The first-order valence-corrected chi connectivity index (χ1v) is 7.45. The molecular weight excluding hydrogens is 350 g/mol. The van der Waals surface area contributed by atoms with Crippen LogP contribution in [0, 0.1) is 10.1 Å². The minimum atomic E-state index is -1.23. The van der Waals surface area contributed by atoms with Crippen molar-refractivity contribution < 1.29 is 24.4 Å². The maximum absolute atomic E-state index is 12.1. The fourth-order valence-electron chi connectivity index (χ4n) is 2.48. The van der Waals surface area contributed by atoms with Crippen molar-refractivity contribution in [3.8, 4) is 0 Å². The number of nitrogens with zero attached hydrogens (tertiary/aromatic N) is 1. The van der Waals surface area contributed by atoms with E-state index < -0.39 is 28.5 Å². The third kappa shape index (κ3) is 3.09. The van der Waals surface area contributed by atoms with Gasteiger partial charge in [0, 0.05) is 28.3 Å². The van der Waals surface area contributed by atoms with Gasteiger partial charge in [0.1, 0.15) is 5.76 Å². The molecule has 7 nitrogen and oxygen atoms in total. The number of carbonyl (C=O) groups excluding carboxylic acids is 2. The van der Waals surface area contributed by atoms with Crippen molar-refractivity contribution in [3.05, 3.63) is 80.4 Å². The van der Waals surface area contributed by atoms with Gasteiger partial charge in [-0.05, 0) is 24.3 Å². The highest BCUT2D eigenvalue weighted by molar-refractivity contribution is 6.44. The Morgan fingerprint density at radius 3 is 2.48 bits per heavy atom. The van der Waals surface area contributed by atoms with Gasteiger partial charge in [-0.15, -0.1) is 0 Å². The van der Waals surface area contributed by atoms with Gasteiger partial charge in [0.05, 0.1) is 10.5 Å². The number of esters is 1. The van der Waals surface area contributed by atoms with E-state index in [0.717, 1.165) is 0 Å². The number of hydrogen-bond donors (Lipinski definition) is 1. The summed E-state index contributed by atoms with van der Waals surface area (Å²) in [6.07, 6.45) is -1.23. The molecule has 0 aliphatic carbocycles. The number of ether oxygens (including phenoxy) is 1. The average Bonchev–Trinajstić information content (AvgIpc) is 2.90. The lowest BCUT2D eigenvalue weighted by molar-refractivity contribution is -0.385. The Kier molecular flexibility index (Phi) is 4.24. The van der Waals surface area contributed by atoms with Crippen LogP contribution in [0.1, 0.15) is 17.2 Å². The van der Waals surface area contributed by atoms with Crippen molar-refractivity contribution in [2.75, 3.05) is 0 Å². The number of ketones is 1. The number of nitro benzene ring substituents is 1. The van der Waals surface area contributed by atoms with E-state index in [0.29, 0.717) is 5.02 Å². The van der Waals surface area contributed by atoms with Crippen molar-refractivity contribution in [3.63, 3.8) is 0 Å². The molecule has 1 fully saturated rings. The Labute approximate surface area is 146 Å². The van der Waals surface area contributed by atoms with Crippen molar-refractivity contribution >= 4 is 34.8 Å². The third-order valence-corrected chi connectivity index (χ3v) is 3.93. The number of carbonyl (C=O) groups is 2. The quantitative estimate of drug-likeness (QED) is 0.225. The molecule has 0 radical (unpaired) electrons. The molecule has 1 aliphatic rings. The summed E-state index contributed by atoms with van der Waals surface area (Å²) >= 11 is 5.79. The maximum Gasteiger partial charge on any atom is 0.380 e. The number of nitro groups is 1. The van der Waals surface area contributed by atoms with E-state index in [1.54, 1.807) is 0 Å². The molecule has 1 atom stereocenters. The Balaban J connectivity index is 2.12. The largest absolute Gasteiger partial charge is 0.507 e. The van der Waals surface area contributed by atoms with Crippen LogP contribution < -0.4 is 0 Å². The van der Waals surface area contributed by atoms with Crippen molar-refractivity contribution in [2.24, 2.45) is 0 Å². The number of non-ortho nitro benzene ring substituents is 1. The van der Waals surface area contributed by atoms with Gasteiger partial charge in [0.15, 0.2) is 6.10 Å². The molecule has 126 valence electrons. The highest BCUT2D eigenvalue weighted by Crippen LogP contribution is 2.37. The molecule has 0 saturated carbocycles. The topological polar surface area (TPSA) is 107 Å². The van der Waals surface area contributed by atoms with Gasteiger partial charge < -0.3 is 9.84 Å². The summed E-state index contributed by atoms with van der Waals surface area (Å²) in [4.78, 5) is 34.2. The van der Waals surface area contributed by atoms with Gasteiger partial charge in [-0.25, -0.2) is 4.79 Å². The summed E-state index contributed by atoms with van der Waals surface area (Å²) in [5, 5.41) is 21.8. The van der Waals surface area contributed by atoms with E-state index in [9.17, 15) is 24.8 Å². The highest BCUT2D eigenvalue weighted by Gasteiger charge is 2.42. The smallest absolute Gasteiger partial charge is 0.380 e. The van der Waals surface area contributed by atoms with Gasteiger partial charge in [0.2, 0.25) is 0 Å². The number of cyclic esters (lactones) is 1. The Hall–Kier alpha value is -3.19. The first-order valence-electron chi connectivity index (χ1n) is 7.07. The highest BCUT2D eigenvalue weighted by atomic mass is 35.5. The summed E-state index contributed by atoms with van der Waals surface area (Å²) in [7, 11) is 0. The fraction of sp³-hybridized carbons (Fsp3) is 0.0588. The van der Waals surface area contributed by atoms with E-state index in [1.807, 2.05) is 0 Å². The van der Waals surface area contributed by atoms with Gasteiger partial charge >= 0.3 is 5.97 Å². The van der Waals surface area contributed by atoms with E-state index in [4.69, 9.17) is 16.3 Å². The molecule has 8 heteroatoms. The maximum atomic E-state index is 12.1. The van der Waals surface area contributed by atoms with Crippen LogP contribution in [-0.2, 0) is 14.3 Å². The van der Waals surface area contributed by atoms with Crippen LogP contribution >= 0.6 is 11.6 Å². The fourth-order valence-corrected chi connectivity index (χ4v) is 2.61. The lowest BCUT2D eigenvalue weighted by atomic mass is 9.96. The second-order valence-electron chi connectivity index (χ2n) is 5.24. The number of aliphatic hydroxyl groups excluding tert-OH is 1. The molecule has 1 unspecified atom stereocenters. The first-order chi connectivity index (χ1) is 11.9. The van der Waals surface area contributed by atoms with Crippen LogP contribution in [0.3, 0.4) is 0 Å². The standard InChI is InChI=1S/C17H10ClNO6/c18-11-6-4-9(5-7-11)14(20)13-15(21)17(22)25-16(13)10-2-1-3-12(8-10)19(23)24/h1-8,16,20H/b14-13+. The number of aliphatic hydroxyl groups is 1. The van der Waals surface area contributed by atoms with Crippen molar-refractivity contribution in [1.29, 1.82) is 0 Å². The molecule has 3 rings (SSSR count). The van der Waals surface area contributed by atoms with Crippen molar-refractivity contribution in [2.45, 2.75) is 6.10 Å². The minimum absolute atomic E-state index is 0.212. The van der Waals surface area contributed by atoms with E-state index >= 15 is 0 Å². The van der Waals surface area contributed by atoms with Gasteiger partial charge in [-0.3, -0.25) is 14.9 Å². The molecule has 0 aromatic heterocycles. The zero-order chi connectivity index (χ0) is 18.1. The number of benzene rings is 2. The number of rotatable bonds is 3. The lowest BCUT2D eigenvalue weighted by Crippen LogP contribution is -2.08. The molecule has 0 amide bonds. The molecule has 1 saturated heterocycles. The SMILES string of the molecule is O=C1OC(c2cccc([N+](=O)[O-])c2)/C(=C(/O)c2ccc(Cl)cc2)C1=O. The molecule has 2 aromatic carbocycles. The van der Waals surface area contributed by atoms with Gasteiger partial charge in [-0.2, -0.15) is 0 Å². The molecular formula is C17H10ClNO6. The Morgan fingerprint density at radius 1 is 1.16 bits per heavy atom. The number of halogens is 1. The molecule has 2 aromatic rings. The number of hydrogen-bond acceptors (Lipinski definition) is 6. The first kappa shape index (κ1) is 16.7. The molecule has 1 N–H and O–H groups in total. The van der Waals surface area contributed by atoms with Crippen LogP contribution in [0.4, 0.5) is 5.69 Å². The van der Waals surface area contributed by atoms with E-state index in [1.165, 1.54) is 48.5 Å². The monoisotopic (exact) mass is 359 g/mol. The molecule has 1 aliphatic heterocycles. The van der Waals surface area contributed by atoms with Crippen LogP contribution in [0.5, 0.6) is 0 Å². The predicted octanol–water partition coefficient (Wildman–Crippen LogP) is 3.38. The molecule has 25 heavy (non-hydrogen) atoms. The minimum Gasteiger partial charge on any atom is -0.507 e. The third-order valence-electron chi connectivity index (χ3n) is 3.67. The summed E-state index contributed by atoms with van der Waals surface area (Å²) < 4.78 is 5.02. The summed E-state index contributed by atoms with van der Waals surface area (Å²) in [6, 6.07) is 11.3. The number of Topliss-reactive ketones (excluding diaryl/α,β-unsaturated/α-hetero) is 1. The molecule has 0 spiro atoms. The van der Waals surface area contributed by atoms with Crippen LogP contribution in [0.25, 0.3) is 5.76 Å². The van der Waals surface area contributed by atoms with E-state index in [2.05, 4.69) is 0 Å². The van der Waals surface area contributed by atoms with Crippen LogP contribution in [0.15, 0.2) is 54.1 Å². The van der Waals surface area contributed by atoms with Crippen LogP contribution in [0.2, 0.25) is 5.02 Å². The van der Waals surface area contributed by atoms with Gasteiger partial charge in [-0.1, -0.05) is 23.7 Å². The van der Waals surface area contributed by atoms with Crippen LogP contribution in [-0.4, -0.2) is 21.8 Å². The van der Waals surface area contributed by atoms with Gasteiger partial charge in [0.25, 0.3) is 11.5 Å².